The van der Waals surface area contributed by atoms with Crippen molar-refractivity contribution in [2.24, 2.45) is 4.99 Å². The quantitative estimate of drug-likeness (QED) is 0.454. The van der Waals surface area contributed by atoms with E-state index in [9.17, 15) is 0 Å². The van der Waals surface area contributed by atoms with Crippen molar-refractivity contribution in [1.82, 2.24) is 14.9 Å². The maximum absolute atomic E-state index is 15.1. The third-order valence-electron chi connectivity index (χ3n) is 5.41. The monoisotopic (exact) mass is 483 g/mol. The van der Waals surface area contributed by atoms with E-state index in [0.29, 0.717) is 28.2 Å². The van der Waals surface area contributed by atoms with Crippen LogP contribution in [0.1, 0.15) is 18.4 Å². The molecule has 1 N–H and O–H groups in total. The van der Waals surface area contributed by atoms with Gasteiger partial charge in [-0.1, -0.05) is 28.6 Å². The minimum absolute atomic E-state index is 0.101. The summed E-state index contributed by atoms with van der Waals surface area (Å²) >= 11 is 3.54. The van der Waals surface area contributed by atoms with Crippen LogP contribution in [0.2, 0.25) is 0 Å². The van der Waals surface area contributed by atoms with Gasteiger partial charge in [0.05, 0.1) is 22.3 Å². The van der Waals surface area contributed by atoms with Crippen molar-refractivity contribution in [2.75, 3.05) is 25.5 Å². The molecule has 0 amide bonds. The molecule has 1 aliphatic rings. The Labute approximate surface area is 189 Å². The van der Waals surface area contributed by atoms with Crippen LogP contribution < -0.4 is 10.1 Å². The molecule has 4 rings (SSSR count). The van der Waals surface area contributed by atoms with Crippen molar-refractivity contribution < 1.29 is 9.13 Å². The molecular weight excluding hydrogens is 461 g/mol. The molecule has 31 heavy (non-hydrogen) atoms. The molecule has 0 atom stereocenters. The van der Waals surface area contributed by atoms with Crippen molar-refractivity contribution >= 4 is 56.8 Å². The minimum atomic E-state index is -0.471. The van der Waals surface area contributed by atoms with Crippen molar-refractivity contribution in [2.45, 2.75) is 18.9 Å². The van der Waals surface area contributed by atoms with Crippen LogP contribution in [-0.2, 0) is 0 Å². The topological polar surface area (TPSA) is 62.6 Å². The van der Waals surface area contributed by atoms with Crippen LogP contribution in [0, 0.1) is 5.82 Å². The van der Waals surface area contributed by atoms with E-state index in [4.69, 9.17) is 4.74 Å². The normalized spacial score (nSPS) is 15.1. The molecule has 0 saturated carbocycles. The first-order chi connectivity index (χ1) is 15.0. The summed E-state index contributed by atoms with van der Waals surface area (Å²) in [6, 6.07) is 7.09. The number of anilines is 2. The Morgan fingerprint density at radius 2 is 2.06 bits per heavy atom. The van der Waals surface area contributed by atoms with Gasteiger partial charge < -0.3 is 15.0 Å². The largest absolute Gasteiger partial charge is 0.489 e. The van der Waals surface area contributed by atoms with Crippen LogP contribution in [0.15, 0.2) is 46.6 Å². The number of ether oxygens (including phenoxy) is 1. The Balaban J connectivity index is 1.75. The maximum atomic E-state index is 15.1. The molecule has 2 aromatic carbocycles. The number of fused-ring (bicyclic) bond motifs is 1. The lowest BCUT2D eigenvalue weighted by Crippen LogP contribution is -2.35. The number of aliphatic imine (C=N–C) groups is 1. The van der Waals surface area contributed by atoms with Gasteiger partial charge >= 0.3 is 0 Å². The molecule has 6 nitrogen and oxygen atoms in total. The van der Waals surface area contributed by atoms with Gasteiger partial charge in [0.25, 0.3) is 0 Å². The molecular formula is C23H23BrFN5O. The summed E-state index contributed by atoms with van der Waals surface area (Å²) < 4.78 is 22.3. The highest BCUT2D eigenvalue weighted by molar-refractivity contribution is 9.10. The first kappa shape index (κ1) is 21.4. The zero-order chi connectivity index (χ0) is 22.0. The Morgan fingerprint density at radius 1 is 1.29 bits per heavy atom. The highest BCUT2D eigenvalue weighted by atomic mass is 79.9. The second kappa shape index (κ2) is 9.11. The lowest BCUT2D eigenvalue weighted by atomic mass is 10.1. The molecule has 2 heterocycles. The highest BCUT2D eigenvalue weighted by Crippen LogP contribution is 2.37. The number of nitrogens with one attached hydrogen (secondary N) is 1. The lowest BCUT2D eigenvalue weighted by molar-refractivity contribution is 0.115. The molecule has 1 fully saturated rings. The summed E-state index contributed by atoms with van der Waals surface area (Å²) in [6.45, 7) is 9.14. The Bertz CT molecular complexity index is 1140. The average molecular weight is 484 g/mol. The van der Waals surface area contributed by atoms with E-state index >= 15 is 4.39 Å². The number of aromatic nitrogens is 2. The zero-order valence-corrected chi connectivity index (χ0v) is 18.8. The van der Waals surface area contributed by atoms with Gasteiger partial charge in [-0.05, 0) is 50.9 Å². The van der Waals surface area contributed by atoms with E-state index in [2.05, 4.69) is 61.5 Å². The van der Waals surface area contributed by atoms with Crippen LogP contribution in [0.3, 0.4) is 0 Å². The third-order valence-corrected chi connectivity index (χ3v) is 5.87. The number of nitrogens with zero attached hydrogens (tertiary/aromatic N) is 4. The molecule has 160 valence electrons. The summed E-state index contributed by atoms with van der Waals surface area (Å²) in [7, 11) is 2.11. The molecule has 0 unspecified atom stereocenters. The van der Waals surface area contributed by atoms with Crippen molar-refractivity contribution in [3.05, 3.63) is 53.0 Å². The molecule has 3 aromatic rings. The predicted molar refractivity (Wildman–Crippen MR) is 127 cm³/mol. The molecule has 0 radical (unpaired) electrons. The van der Waals surface area contributed by atoms with Crippen molar-refractivity contribution in [3.8, 4) is 5.75 Å². The summed E-state index contributed by atoms with van der Waals surface area (Å²) in [5.74, 6) is 0.658. The molecule has 0 spiro atoms. The number of rotatable bonds is 6. The molecule has 1 aliphatic heterocycles. The van der Waals surface area contributed by atoms with Crippen LogP contribution >= 0.6 is 15.9 Å². The first-order valence-electron chi connectivity index (χ1n) is 9.98. The van der Waals surface area contributed by atoms with Gasteiger partial charge in [-0.15, -0.1) is 0 Å². The van der Waals surface area contributed by atoms with E-state index in [1.165, 1.54) is 12.4 Å². The van der Waals surface area contributed by atoms with Gasteiger partial charge in [0, 0.05) is 23.1 Å². The fourth-order valence-corrected chi connectivity index (χ4v) is 4.15. The van der Waals surface area contributed by atoms with Crippen LogP contribution in [0.25, 0.3) is 17.0 Å². The summed E-state index contributed by atoms with van der Waals surface area (Å²) in [6.07, 6.45) is 4.85. The van der Waals surface area contributed by atoms with Crippen LogP contribution in [0.5, 0.6) is 5.75 Å². The van der Waals surface area contributed by atoms with Crippen LogP contribution in [0.4, 0.5) is 21.6 Å². The highest BCUT2D eigenvalue weighted by Gasteiger charge is 2.21. The Morgan fingerprint density at radius 3 is 2.77 bits per heavy atom. The average Bonchev–Trinajstić information content (AvgIpc) is 2.76. The summed E-state index contributed by atoms with van der Waals surface area (Å²) in [5, 5.41) is 3.81. The van der Waals surface area contributed by atoms with Crippen LogP contribution in [-0.4, -0.2) is 47.8 Å². The first-order valence-corrected chi connectivity index (χ1v) is 10.8. The van der Waals surface area contributed by atoms with E-state index in [1.807, 2.05) is 12.1 Å². The lowest BCUT2D eigenvalue weighted by Gasteiger charge is -2.29. The smallest absolute Gasteiger partial charge is 0.156 e. The fourth-order valence-electron chi connectivity index (χ4n) is 3.73. The third kappa shape index (κ3) is 4.45. The van der Waals surface area contributed by atoms with E-state index in [0.717, 1.165) is 30.4 Å². The molecule has 0 aliphatic carbocycles. The van der Waals surface area contributed by atoms with Crippen molar-refractivity contribution in [3.63, 3.8) is 0 Å². The number of hydrogen-bond acceptors (Lipinski definition) is 6. The SMILES string of the molecule is C=Cc1c(N=C)ccc(Nc2ncnc3cc(Br)cc(OC4CCN(C)CC4)c23)c1F. The molecule has 1 aromatic heterocycles. The molecule has 0 bridgehead atoms. The Kier molecular flexibility index (Phi) is 6.29. The van der Waals surface area contributed by atoms with Gasteiger partial charge in [-0.3, -0.25) is 4.99 Å². The molecule has 1 saturated heterocycles. The predicted octanol–water partition coefficient (Wildman–Crippen LogP) is 5.72. The number of hydrogen-bond donors (Lipinski definition) is 1. The summed E-state index contributed by atoms with van der Waals surface area (Å²) in [4.78, 5) is 14.9. The van der Waals surface area contributed by atoms with Gasteiger partial charge in [0.2, 0.25) is 0 Å². The number of benzene rings is 2. The second-order valence-corrected chi connectivity index (χ2v) is 8.40. The van der Waals surface area contributed by atoms with Gasteiger partial charge in [-0.25, -0.2) is 14.4 Å². The maximum Gasteiger partial charge on any atom is 0.156 e. The van der Waals surface area contributed by atoms with Gasteiger partial charge in [0.15, 0.2) is 5.82 Å². The minimum Gasteiger partial charge on any atom is -0.489 e. The summed E-state index contributed by atoms with van der Waals surface area (Å²) in [5.41, 5.74) is 1.67. The number of halogens is 2. The standard InChI is InChI=1S/C23H23BrFN5O/c1-4-16-17(26-2)5-6-18(22(16)25)29-23-21-19(27-13-28-23)11-14(24)12-20(21)31-15-7-9-30(3)10-8-15/h4-6,11-13,15H,1-2,7-10H2,3H3,(H,27,28,29). The van der Waals surface area contributed by atoms with E-state index in [-0.39, 0.29) is 17.4 Å². The second-order valence-electron chi connectivity index (χ2n) is 7.49. The molecule has 8 heteroatoms. The van der Waals surface area contributed by atoms with Gasteiger partial charge in [-0.2, -0.15) is 0 Å². The number of piperidine rings is 1. The van der Waals surface area contributed by atoms with Gasteiger partial charge in [0.1, 0.15) is 24.0 Å². The zero-order valence-electron chi connectivity index (χ0n) is 17.2. The fraction of sp³-hybridized carbons (Fsp3) is 0.261. The van der Waals surface area contributed by atoms with E-state index in [1.54, 1.807) is 12.1 Å². The Hall–Kier alpha value is -2.84. The van der Waals surface area contributed by atoms with Crippen molar-refractivity contribution in [1.29, 1.82) is 0 Å². The van der Waals surface area contributed by atoms with E-state index < -0.39 is 5.82 Å². The number of likely N-dealkylation sites (tertiary alicyclic amines) is 1.